The molecule has 0 bridgehead atoms. The first kappa shape index (κ1) is 15.6. The van der Waals surface area contributed by atoms with Crippen molar-refractivity contribution < 1.29 is 28.8 Å². The van der Waals surface area contributed by atoms with E-state index in [0.717, 1.165) is 12.1 Å². The second-order valence-electron chi connectivity index (χ2n) is 3.41. The molecule has 10 heteroatoms. The molecule has 0 aliphatic heterocycles. The highest BCUT2D eigenvalue weighted by atomic mass is 16.7. The van der Waals surface area contributed by atoms with E-state index in [4.69, 9.17) is 9.47 Å². The molecule has 0 aromatic heterocycles. The Morgan fingerprint density at radius 2 is 1.40 bits per heavy atom. The SMILES string of the molecule is COCOc1cc([N+](=O)[O-])c(OCOC)c([N+](=O)[O-])c1. The number of nitrogens with zero attached hydrogens (tertiary/aromatic N) is 2. The van der Waals surface area contributed by atoms with E-state index in [9.17, 15) is 20.2 Å². The van der Waals surface area contributed by atoms with Crippen molar-refractivity contribution in [1.29, 1.82) is 0 Å². The van der Waals surface area contributed by atoms with Crippen molar-refractivity contribution >= 4 is 11.4 Å². The molecule has 0 spiro atoms. The van der Waals surface area contributed by atoms with E-state index >= 15 is 0 Å². The molecule has 0 fully saturated rings. The van der Waals surface area contributed by atoms with Crippen LogP contribution in [0.15, 0.2) is 12.1 Å². The van der Waals surface area contributed by atoms with Crippen LogP contribution in [0.3, 0.4) is 0 Å². The Morgan fingerprint density at radius 1 is 0.950 bits per heavy atom. The molecule has 0 aliphatic rings. The van der Waals surface area contributed by atoms with Gasteiger partial charge in [-0.25, -0.2) is 0 Å². The number of benzene rings is 1. The molecule has 0 saturated carbocycles. The molecule has 0 radical (unpaired) electrons. The molecule has 20 heavy (non-hydrogen) atoms. The summed E-state index contributed by atoms with van der Waals surface area (Å²) in [5, 5.41) is 21.9. The minimum Gasteiger partial charge on any atom is -0.467 e. The third-order valence-electron chi connectivity index (χ3n) is 2.08. The zero-order valence-electron chi connectivity index (χ0n) is 10.7. The number of ether oxygens (including phenoxy) is 4. The van der Waals surface area contributed by atoms with Gasteiger partial charge >= 0.3 is 11.4 Å². The molecule has 110 valence electrons. The van der Waals surface area contributed by atoms with E-state index in [1.54, 1.807) is 0 Å². The van der Waals surface area contributed by atoms with Crippen molar-refractivity contribution in [3.05, 3.63) is 32.4 Å². The summed E-state index contributed by atoms with van der Waals surface area (Å²) < 4.78 is 19.1. The summed E-state index contributed by atoms with van der Waals surface area (Å²) in [7, 11) is 2.63. The van der Waals surface area contributed by atoms with Crippen LogP contribution in [0.5, 0.6) is 11.5 Å². The van der Waals surface area contributed by atoms with E-state index in [1.807, 2.05) is 0 Å². The predicted octanol–water partition coefficient (Wildman–Crippen LogP) is 1.47. The Labute approximate surface area is 113 Å². The maximum atomic E-state index is 11.0. The number of nitro groups is 2. The number of hydrogen-bond acceptors (Lipinski definition) is 8. The highest BCUT2D eigenvalue weighted by molar-refractivity contribution is 5.63. The third kappa shape index (κ3) is 3.76. The Morgan fingerprint density at radius 3 is 1.80 bits per heavy atom. The molecule has 0 N–H and O–H groups in total. The average molecular weight is 288 g/mol. The number of methoxy groups -OCH3 is 2. The van der Waals surface area contributed by atoms with E-state index in [0.29, 0.717) is 0 Å². The van der Waals surface area contributed by atoms with Crippen molar-refractivity contribution in [2.75, 3.05) is 27.8 Å². The van der Waals surface area contributed by atoms with Crippen molar-refractivity contribution in [1.82, 2.24) is 0 Å². The van der Waals surface area contributed by atoms with E-state index in [2.05, 4.69) is 9.47 Å². The fraction of sp³-hybridized carbons (Fsp3) is 0.400. The number of rotatable bonds is 8. The maximum absolute atomic E-state index is 11.0. The fourth-order valence-corrected chi connectivity index (χ4v) is 1.32. The van der Waals surface area contributed by atoms with E-state index < -0.39 is 27.0 Å². The molecule has 0 saturated heterocycles. The van der Waals surface area contributed by atoms with Gasteiger partial charge in [-0.1, -0.05) is 0 Å². The Hall–Kier alpha value is -2.46. The van der Waals surface area contributed by atoms with Crippen LogP contribution in [0, 0.1) is 20.2 Å². The molecular formula is C10H12N2O8. The lowest BCUT2D eigenvalue weighted by Crippen LogP contribution is -2.06. The van der Waals surface area contributed by atoms with Crippen LogP contribution in [-0.2, 0) is 9.47 Å². The standard InChI is InChI=1S/C10H12N2O8/c1-17-5-19-7-3-8(11(13)14)10(20-6-18-2)9(4-7)12(15)16/h3-4H,5-6H2,1-2H3. The average Bonchev–Trinajstić information content (AvgIpc) is 2.42. The largest absolute Gasteiger partial charge is 0.467 e. The van der Waals surface area contributed by atoms with Crippen LogP contribution in [0.4, 0.5) is 11.4 Å². The van der Waals surface area contributed by atoms with Crippen molar-refractivity contribution in [3.8, 4) is 11.5 Å². The summed E-state index contributed by atoms with van der Waals surface area (Å²) in [6, 6.07) is 2.02. The molecule has 1 aromatic rings. The van der Waals surface area contributed by atoms with Crippen LogP contribution < -0.4 is 9.47 Å². The Balaban J connectivity index is 3.30. The normalized spacial score (nSPS) is 10.1. The Kier molecular flexibility index (Phi) is 5.62. The van der Waals surface area contributed by atoms with Gasteiger partial charge in [0, 0.05) is 14.2 Å². The molecule has 1 aromatic carbocycles. The van der Waals surface area contributed by atoms with Crippen molar-refractivity contribution in [3.63, 3.8) is 0 Å². The molecule has 0 amide bonds. The predicted molar refractivity (Wildman–Crippen MR) is 64.8 cm³/mol. The molecule has 10 nitrogen and oxygen atoms in total. The van der Waals surface area contributed by atoms with Crippen molar-refractivity contribution in [2.45, 2.75) is 0 Å². The van der Waals surface area contributed by atoms with Gasteiger partial charge in [-0.05, 0) is 0 Å². The van der Waals surface area contributed by atoms with E-state index in [-0.39, 0.29) is 19.3 Å². The van der Waals surface area contributed by atoms with Gasteiger partial charge in [0.1, 0.15) is 5.75 Å². The molecule has 0 atom stereocenters. The van der Waals surface area contributed by atoms with Crippen LogP contribution >= 0.6 is 0 Å². The van der Waals surface area contributed by atoms with Crippen LogP contribution in [-0.4, -0.2) is 37.7 Å². The monoisotopic (exact) mass is 288 g/mol. The minimum atomic E-state index is -0.808. The third-order valence-corrected chi connectivity index (χ3v) is 2.08. The number of hydrogen-bond donors (Lipinski definition) is 0. The maximum Gasteiger partial charge on any atom is 0.322 e. The summed E-state index contributed by atoms with van der Waals surface area (Å²) in [6.07, 6.45) is 0. The second-order valence-corrected chi connectivity index (χ2v) is 3.41. The lowest BCUT2D eigenvalue weighted by atomic mass is 10.2. The van der Waals surface area contributed by atoms with Crippen molar-refractivity contribution in [2.24, 2.45) is 0 Å². The summed E-state index contributed by atoms with van der Waals surface area (Å²) >= 11 is 0. The summed E-state index contributed by atoms with van der Waals surface area (Å²) in [5.41, 5.74) is -1.19. The van der Waals surface area contributed by atoms with Gasteiger partial charge in [0.15, 0.2) is 13.6 Å². The van der Waals surface area contributed by atoms with Gasteiger partial charge in [0.25, 0.3) is 5.75 Å². The minimum absolute atomic E-state index is 0.0741. The quantitative estimate of drug-likeness (QED) is 0.400. The first-order valence-electron chi connectivity index (χ1n) is 5.21. The molecule has 0 heterocycles. The van der Waals surface area contributed by atoms with Gasteiger partial charge in [0.05, 0.1) is 22.0 Å². The van der Waals surface area contributed by atoms with Crippen LogP contribution in [0.2, 0.25) is 0 Å². The van der Waals surface area contributed by atoms with Gasteiger partial charge < -0.3 is 18.9 Å². The highest BCUT2D eigenvalue weighted by Crippen LogP contribution is 2.40. The zero-order valence-corrected chi connectivity index (χ0v) is 10.7. The van der Waals surface area contributed by atoms with Gasteiger partial charge in [-0.3, -0.25) is 20.2 Å². The zero-order chi connectivity index (χ0) is 15.1. The second kappa shape index (κ2) is 7.21. The first-order chi connectivity index (χ1) is 9.51. The Bertz CT molecular complexity index is 469. The molecular weight excluding hydrogens is 276 g/mol. The topological polar surface area (TPSA) is 123 Å². The lowest BCUT2D eigenvalue weighted by Gasteiger charge is -2.09. The van der Waals surface area contributed by atoms with Crippen LogP contribution in [0.1, 0.15) is 0 Å². The van der Waals surface area contributed by atoms with Gasteiger partial charge in [0.2, 0.25) is 0 Å². The first-order valence-corrected chi connectivity index (χ1v) is 5.21. The summed E-state index contributed by atoms with van der Waals surface area (Å²) in [6.45, 7) is -0.563. The summed E-state index contributed by atoms with van der Waals surface area (Å²) in [4.78, 5) is 20.3. The van der Waals surface area contributed by atoms with Crippen LogP contribution in [0.25, 0.3) is 0 Å². The van der Waals surface area contributed by atoms with E-state index in [1.165, 1.54) is 14.2 Å². The van der Waals surface area contributed by atoms with Gasteiger partial charge in [-0.15, -0.1) is 0 Å². The molecule has 0 aliphatic carbocycles. The lowest BCUT2D eigenvalue weighted by molar-refractivity contribution is -0.396. The summed E-state index contributed by atoms with van der Waals surface area (Å²) in [5.74, 6) is -0.568. The number of nitro benzene ring substituents is 2. The molecule has 1 rings (SSSR count). The van der Waals surface area contributed by atoms with Gasteiger partial charge in [-0.2, -0.15) is 0 Å². The smallest absolute Gasteiger partial charge is 0.322 e. The fourth-order valence-electron chi connectivity index (χ4n) is 1.32. The molecule has 0 unspecified atom stereocenters. The highest BCUT2D eigenvalue weighted by Gasteiger charge is 2.29.